The van der Waals surface area contributed by atoms with Gasteiger partial charge in [0.05, 0.1) is 6.61 Å². The lowest BCUT2D eigenvalue weighted by Crippen LogP contribution is -1.97. The van der Waals surface area contributed by atoms with Gasteiger partial charge in [-0.3, -0.25) is 0 Å². The molecule has 0 aromatic heterocycles. The average Bonchev–Trinajstić information content (AvgIpc) is 2.29. The van der Waals surface area contributed by atoms with E-state index in [-0.39, 0.29) is 0 Å². The van der Waals surface area contributed by atoms with Crippen LogP contribution in [0, 0.1) is 0 Å². The number of hydrogen-bond donors (Lipinski definition) is 0. The highest BCUT2D eigenvalue weighted by Gasteiger charge is 1.96. The summed E-state index contributed by atoms with van der Waals surface area (Å²) in [6.07, 6.45) is 1.30. The maximum Gasteiger partial charge on any atom is 0.123 e. The summed E-state index contributed by atoms with van der Waals surface area (Å²) in [5.74, 6) is 0.815. The average molecular weight is 200 g/mol. The van der Waals surface area contributed by atoms with E-state index in [4.69, 9.17) is 4.74 Å². The Morgan fingerprint density at radius 2 is 1.87 bits per heavy atom. The first-order chi connectivity index (χ1) is 7.40. The molecule has 2 nitrogen and oxygen atoms in total. The van der Waals surface area contributed by atoms with Crippen molar-refractivity contribution in [1.29, 1.82) is 0 Å². The van der Waals surface area contributed by atoms with E-state index in [1.165, 1.54) is 5.39 Å². The molecule has 0 aliphatic carbocycles. The van der Waals surface area contributed by atoms with Crippen molar-refractivity contribution in [3.8, 4) is 5.75 Å². The van der Waals surface area contributed by atoms with Crippen molar-refractivity contribution in [2.45, 2.75) is 6.42 Å². The number of benzene rings is 2. The van der Waals surface area contributed by atoms with Crippen molar-refractivity contribution in [2.75, 3.05) is 6.61 Å². The Balaban J connectivity index is 2.19. The lowest BCUT2D eigenvalue weighted by atomic mass is 10.1. The fraction of sp³-hybridized carbons (Fsp3) is 0.154. The Morgan fingerprint density at radius 3 is 2.67 bits per heavy atom. The summed E-state index contributed by atoms with van der Waals surface area (Å²) in [5, 5.41) is 2.35. The minimum absolute atomic E-state index is 0.437. The van der Waals surface area contributed by atoms with Crippen LogP contribution in [0.2, 0.25) is 0 Å². The van der Waals surface area contributed by atoms with E-state index in [2.05, 4.69) is 6.07 Å². The minimum Gasteiger partial charge on any atom is -0.493 e. The quantitative estimate of drug-likeness (QED) is 0.560. The Bertz CT molecular complexity index is 463. The molecule has 0 aliphatic heterocycles. The summed E-state index contributed by atoms with van der Waals surface area (Å²) in [5.41, 5.74) is 0. The van der Waals surface area contributed by atoms with Crippen LogP contribution in [0.15, 0.2) is 42.5 Å². The molecule has 0 unspecified atom stereocenters. The highest BCUT2D eigenvalue weighted by atomic mass is 16.5. The standard InChI is InChI=1S/C13H12O2/c14-8-3-9-15-13-7-6-11-4-1-2-5-12(11)10-13/h1-2,4-8,10H,3,9H2. The van der Waals surface area contributed by atoms with E-state index in [0.717, 1.165) is 17.4 Å². The first kappa shape index (κ1) is 9.71. The maximum atomic E-state index is 10.1. The van der Waals surface area contributed by atoms with Gasteiger partial charge < -0.3 is 9.53 Å². The van der Waals surface area contributed by atoms with Gasteiger partial charge in [-0.1, -0.05) is 30.3 Å². The Morgan fingerprint density at radius 1 is 1.07 bits per heavy atom. The second-order valence-electron chi connectivity index (χ2n) is 3.31. The van der Waals surface area contributed by atoms with Crippen LogP contribution in [-0.4, -0.2) is 12.9 Å². The molecular formula is C13H12O2. The first-order valence-electron chi connectivity index (χ1n) is 4.95. The molecule has 0 saturated carbocycles. The molecule has 0 fully saturated rings. The monoisotopic (exact) mass is 200 g/mol. The van der Waals surface area contributed by atoms with Crippen LogP contribution in [-0.2, 0) is 4.79 Å². The van der Waals surface area contributed by atoms with Crippen molar-refractivity contribution >= 4 is 17.1 Å². The molecule has 2 aromatic rings. The number of hydrogen-bond acceptors (Lipinski definition) is 2. The summed E-state index contributed by atoms with van der Waals surface area (Å²) in [4.78, 5) is 10.1. The highest BCUT2D eigenvalue weighted by Crippen LogP contribution is 2.20. The minimum atomic E-state index is 0.437. The van der Waals surface area contributed by atoms with Crippen LogP contribution in [0.1, 0.15) is 6.42 Å². The van der Waals surface area contributed by atoms with Gasteiger partial charge in [0.25, 0.3) is 0 Å². The second-order valence-corrected chi connectivity index (χ2v) is 3.31. The summed E-state index contributed by atoms with van der Waals surface area (Å²) >= 11 is 0. The third-order valence-electron chi connectivity index (χ3n) is 2.23. The third-order valence-corrected chi connectivity index (χ3v) is 2.23. The van der Waals surface area contributed by atoms with E-state index < -0.39 is 0 Å². The van der Waals surface area contributed by atoms with Gasteiger partial charge in [-0.2, -0.15) is 0 Å². The molecule has 2 heteroatoms. The van der Waals surface area contributed by atoms with Crippen molar-refractivity contribution in [1.82, 2.24) is 0 Å². The van der Waals surface area contributed by atoms with Crippen LogP contribution in [0.4, 0.5) is 0 Å². The van der Waals surface area contributed by atoms with Gasteiger partial charge in [-0.05, 0) is 22.9 Å². The fourth-order valence-corrected chi connectivity index (χ4v) is 1.48. The van der Waals surface area contributed by atoms with Gasteiger partial charge in [-0.15, -0.1) is 0 Å². The Kier molecular flexibility index (Phi) is 2.98. The molecule has 0 saturated heterocycles. The first-order valence-corrected chi connectivity index (χ1v) is 4.95. The van der Waals surface area contributed by atoms with Crippen molar-refractivity contribution in [2.24, 2.45) is 0 Å². The van der Waals surface area contributed by atoms with Gasteiger partial charge >= 0.3 is 0 Å². The molecule has 0 atom stereocenters. The molecule has 0 amide bonds. The van der Waals surface area contributed by atoms with Gasteiger partial charge in [0, 0.05) is 6.42 Å². The molecule has 0 bridgehead atoms. The maximum absolute atomic E-state index is 10.1. The topological polar surface area (TPSA) is 26.3 Å². The molecule has 0 heterocycles. The van der Waals surface area contributed by atoms with E-state index in [9.17, 15) is 4.79 Å². The predicted octanol–water partition coefficient (Wildman–Crippen LogP) is 2.81. The number of rotatable bonds is 4. The number of carbonyl (C=O) groups is 1. The molecule has 0 radical (unpaired) electrons. The van der Waals surface area contributed by atoms with E-state index in [1.54, 1.807) is 0 Å². The third kappa shape index (κ3) is 2.34. The molecule has 0 N–H and O–H groups in total. The fourth-order valence-electron chi connectivity index (χ4n) is 1.48. The zero-order valence-corrected chi connectivity index (χ0v) is 8.35. The lowest BCUT2D eigenvalue weighted by Gasteiger charge is -2.05. The SMILES string of the molecule is O=CCCOc1ccc2ccccc2c1. The zero-order valence-electron chi connectivity index (χ0n) is 8.35. The van der Waals surface area contributed by atoms with Gasteiger partial charge in [0.15, 0.2) is 0 Å². The van der Waals surface area contributed by atoms with Crippen molar-refractivity contribution < 1.29 is 9.53 Å². The summed E-state index contributed by atoms with van der Waals surface area (Å²) in [6.45, 7) is 0.446. The van der Waals surface area contributed by atoms with Crippen LogP contribution in [0.25, 0.3) is 10.8 Å². The number of aldehydes is 1. The summed E-state index contributed by atoms with van der Waals surface area (Å²) in [7, 11) is 0. The van der Waals surface area contributed by atoms with Crippen LogP contribution in [0.5, 0.6) is 5.75 Å². The predicted molar refractivity (Wildman–Crippen MR) is 60.1 cm³/mol. The zero-order chi connectivity index (χ0) is 10.5. The van der Waals surface area contributed by atoms with Crippen LogP contribution in [0.3, 0.4) is 0 Å². The summed E-state index contributed by atoms with van der Waals surface area (Å²) < 4.78 is 5.42. The highest BCUT2D eigenvalue weighted by molar-refractivity contribution is 5.83. The molecule has 0 aliphatic rings. The van der Waals surface area contributed by atoms with E-state index >= 15 is 0 Å². The lowest BCUT2D eigenvalue weighted by molar-refractivity contribution is -0.108. The molecule has 15 heavy (non-hydrogen) atoms. The van der Waals surface area contributed by atoms with Gasteiger partial charge in [0.1, 0.15) is 12.0 Å². The van der Waals surface area contributed by atoms with Crippen molar-refractivity contribution in [3.63, 3.8) is 0 Å². The van der Waals surface area contributed by atoms with Crippen LogP contribution < -0.4 is 4.74 Å². The number of fused-ring (bicyclic) bond motifs is 1. The molecule has 2 aromatic carbocycles. The number of carbonyl (C=O) groups excluding carboxylic acids is 1. The molecular weight excluding hydrogens is 188 g/mol. The normalized spacial score (nSPS) is 10.1. The van der Waals surface area contributed by atoms with Gasteiger partial charge in [0.2, 0.25) is 0 Å². The van der Waals surface area contributed by atoms with E-state index in [1.807, 2.05) is 36.4 Å². The largest absolute Gasteiger partial charge is 0.493 e. The number of ether oxygens (including phenoxy) is 1. The molecule has 2 rings (SSSR count). The molecule has 76 valence electrons. The smallest absolute Gasteiger partial charge is 0.123 e. The van der Waals surface area contributed by atoms with Crippen LogP contribution >= 0.6 is 0 Å². The second kappa shape index (κ2) is 4.60. The van der Waals surface area contributed by atoms with Crippen molar-refractivity contribution in [3.05, 3.63) is 42.5 Å². The Hall–Kier alpha value is -1.83. The van der Waals surface area contributed by atoms with E-state index in [0.29, 0.717) is 13.0 Å². The van der Waals surface area contributed by atoms with Gasteiger partial charge in [-0.25, -0.2) is 0 Å². The Labute approximate surface area is 88.5 Å². The summed E-state index contributed by atoms with van der Waals surface area (Å²) in [6, 6.07) is 14.0. The molecule has 0 spiro atoms.